The van der Waals surface area contributed by atoms with E-state index in [1.165, 1.54) is 25.3 Å². The molecule has 6 nitrogen and oxygen atoms in total. The summed E-state index contributed by atoms with van der Waals surface area (Å²) in [4.78, 5) is 6.77. The molecule has 0 saturated heterocycles. The van der Waals surface area contributed by atoms with Crippen molar-refractivity contribution in [2.24, 2.45) is 4.99 Å². The van der Waals surface area contributed by atoms with Crippen molar-refractivity contribution in [2.75, 3.05) is 20.1 Å². The van der Waals surface area contributed by atoms with E-state index >= 15 is 0 Å². The van der Waals surface area contributed by atoms with E-state index in [4.69, 9.17) is 4.99 Å². The molecule has 0 unspecified atom stereocenters. The van der Waals surface area contributed by atoms with Crippen molar-refractivity contribution >= 4 is 5.96 Å². The van der Waals surface area contributed by atoms with Crippen molar-refractivity contribution in [3.8, 4) is 0 Å². The number of hydrogen-bond donors (Lipinski definition) is 1. The summed E-state index contributed by atoms with van der Waals surface area (Å²) in [5.74, 6) is 2.86. The van der Waals surface area contributed by atoms with Crippen LogP contribution in [0, 0.1) is 5.82 Å². The van der Waals surface area contributed by atoms with Crippen molar-refractivity contribution in [2.45, 2.75) is 58.5 Å². The lowest BCUT2D eigenvalue weighted by Gasteiger charge is -2.22. The van der Waals surface area contributed by atoms with Gasteiger partial charge in [0, 0.05) is 46.1 Å². The third kappa shape index (κ3) is 5.53. The van der Waals surface area contributed by atoms with Gasteiger partial charge in [-0.2, -0.15) is 0 Å². The fraction of sp³-hybridized carbons (Fsp3) is 0.571. The van der Waals surface area contributed by atoms with Crippen molar-refractivity contribution in [3.63, 3.8) is 0 Å². The number of nitrogens with one attached hydrogen (secondary N) is 1. The Morgan fingerprint density at radius 1 is 1.29 bits per heavy atom. The normalized spacial score (nSPS) is 14.5. The second-order valence-corrected chi connectivity index (χ2v) is 7.32. The molecular formula is C21H31FN6. The molecule has 0 saturated carbocycles. The van der Waals surface area contributed by atoms with Gasteiger partial charge in [-0.15, -0.1) is 10.2 Å². The Morgan fingerprint density at radius 3 is 3.00 bits per heavy atom. The van der Waals surface area contributed by atoms with Crippen LogP contribution in [0.1, 0.15) is 49.8 Å². The van der Waals surface area contributed by atoms with Crippen LogP contribution in [0.15, 0.2) is 29.3 Å². The molecule has 1 aromatic carbocycles. The summed E-state index contributed by atoms with van der Waals surface area (Å²) >= 11 is 0. The van der Waals surface area contributed by atoms with Gasteiger partial charge in [0.2, 0.25) is 0 Å². The predicted octanol–water partition coefficient (Wildman–Crippen LogP) is 3.17. The standard InChI is InChI=1S/C21H31FN6/c1-3-23-21(27(2)16-17-9-7-10-18(22)15-17)24-13-8-12-20-26-25-19-11-5-4-6-14-28(19)20/h7,9-10,15H,3-6,8,11-14,16H2,1-2H3,(H,23,24). The number of hydrogen-bond acceptors (Lipinski definition) is 3. The molecule has 0 fully saturated rings. The Bertz CT molecular complexity index is 785. The number of benzene rings is 1. The number of fused-ring (bicyclic) bond motifs is 1. The van der Waals surface area contributed by atoms with E-state index in [1.807, 2.05) is 18.0 Å². The molecular weight excluding hydrogens is 355 g/mol. The number of guanidine groups is 1. The summed E-state index contributed by atoms with van der Waals surface area (Å²) in [5, 5.41) is 12.1. The van der Waals surface area contributed by atoms with Gasteiger partial charge in [0.25, 0.3) is 0 Å². The number of nitrogens with zero attached hydrogens (tertiary/aromatic N) is 5. The molecule has 0 atom stereocenters. The van der Waals surface area contributed by atoms with Crippen molar-refractivity contribution in [1.29, 1.82) is 0 Å². The quantitative estimate of drug-likeness (QED) is 0.451. The highest BCUT2D eigenvalue weighted by molar-refractivity contribution is 5.79. The van der Waals surface area contributed by atoms with Crippen LogP contribution >= 0.6 is 0 Å². The second-order valence-electron chi connectivity index (χ2n) is 7.32. The minimum Gasteiger partial charge on any atom is -0.357 e. The third-order valence-electron chi connectivity index (χ3n) is 5.01. The lowest BCUT2D eigenvalue weighted by molar-refractivity contribution is 0.474. The third-order valence-corrected chi connectivity index (χ3v) is 5.01. The van der Waals surface area contributed by atoms with Crippen molar-refractivity contribution in [3.05, 3.63) is 47.3 Å². The van der Waals surface area contributed by atoms with Gasteiger partial charge in [-0.1, -0.05) is 18.6 Å². The maximum atomic E-state index is 13.4. The van der Waals surface area contributed by atoms with Gasteiger partial charge in [-0.25, -0.2) is 4.39 Å². The van der Waals surface area contributed by atoms with E-state index in [0.717, 1.165) is 62.1 Å². The van der Waals surface area contributed by atoms with E-state index in [9.17, 15) is 4.39 Å². The first-order valence-electron chi connectivity index (χ1n) is 10.3. The summed E-state index contributed by atoms with van der Waals surface area (Å²) < 4.78 is 15.7. The molecule has 0 radical (unpaired) electrons. The molecule has 3 rings (SSSR count). The molecule has 28 heavy (non-hydrogen) atoms. The molecule has 2 heterocycles. The van der Waals surface area contributed by atoms with Crippen molar-refractivity contribution in [1.82, 2.24) is 25.0 Å². The van der Waals surface area contributed by atoms with E-state index in [0.29, 0.717) is 6.54 Å². The maximum absolute atomic E-state index is 13.4. The maximum Gasteiger partial charge on any atom is 0.193 e. The minimum absolute atomic E-state index is 0.208. The van der Waals surface area contributed by atoms with Gasteiger partial charge < -0.3 is 14.8 Å². The number of rotatable bonds is 7. The summed E-state index contributed by atoms with van der Waals surface area (Å²) in [6, 6.07) is 6.70. The first kappa shape index (κ1) is 20.3. The molecule has 1 aliphatic heterocycles. The van der Waals surface area contributed by atoms with Crippen LogP contribution in [0.3, 0.4) is 0 Å². The Morgan fingerprint density at radius 2 is 2.18 bits per heavy atom. The zero-order chi connectivity index (χ0) is 19.8. The lowest BCUT2D eigenvalue weighted by atomic mass is 10.2. The molecule has 0 bridgehead atoms. The first-order chi connectivity index (χ1) is 13.7. The average Bonchev–Trinajstić information content (AvgIpc) is 2.90. The van der Waals surface area contributed by atoms with Crippen molar-refractivity contribution < 1.29 is 4.39 Å². The van der Waals surface area contributed by atoms with Gasteiger partial charge >= 0.3 is 0 Å². The SMILES string of the molecule is CCNC(=NCCCc1nnc2n1CCCCC2)N(C)Cc1cccc(F)c1. The molecule has 2 aromatic rings. The molecule has 0 aliphatic carbocycles. The summed E-state index contributed by atoms with van der Waals surface area (Å²) in [5.41, 5.74) is 0.930. The molecule has 7 heteroatoms. The van der Waals surface area contributed by atoms with Crippen LogP contribution in [-0.4, -0.2) is 45.8 Å². The van der Waals surface area contributed by atoms with Crippen LogP contribution in [0.2, 0.25) is 0 Å². The molecule has 0 spiro atoms. The zero-order valence-electron chi connectivity index (χ0n) is 17.0. The van der Waals surface area contributed by atoms with Gasteiger partial charge in [-0.3, -0.25) is 4.99 Å². The van der Waals surface area contributed by atoms with Crippen LogP contribution in [-0.2, 0) is 25.9 Å². The average molecular weight is 387 g/mol. The van der Waals surface area contributed by atoms with Gasteiger partial charge in [0.15, 0.2) is 5.96 Å². The molecule has 152 valence electrons. The van der Waals surface area contributed by atoms with Crippen LogP contribution in [0.5, 0.6) is 0 Å². The Kier molecular flexibility index (Phi) is 7.39. The van der Waals surface area contributed by atoms with Crippen LogP contribution in [0.4, 0.5) is 4.39 Å². The van der Waals surface area contributed by atoms with Crippen LogP contribution < -0.4 is 5.32 Å². The molecule has 1 aromatic heterocycles. The highest BCUT2D eigenvalue weighted by Gasteiger charge is 2.14. The first-order valence-corrected chi connectivity index (χ1v) is 10.3. The van der Waals surface area contributed by atoms with E-state index in [1.54, 1.807) is 12.1 Å². The lowest BCUT2D eigenvalue weighted by Crippen LogP contribution is -2.38. The fourth-order valence-corrected chi connectivity index (χ4v) is 3.61. The Labute approximate surface area is 166 Å². The van der Waals surface area contributed by atoms with Gasteiger partial charge in [0.05, 0.1) is 0 Å². The number of aromatic nitrogens is 3. The summed E-state index contributed by atoms with van der Waals surface area (Å²) in [6.45, 7) is 5.22. The van der Waals surface area contributed by atoms with Gasteiger partial charge in [0.1, 0.15) is 17.5 Å². The summed E-state index contributed by atoms with van der Waals surface area (Å²) in [6.07, 6.45) is 6.57. The summed E-state index contributed by atoms with van der Waals surface area (Å²) in [7, 11) is 1.98. The fourth-order valence-electron chi connectivity index (χ4n) is 3.61. The topological polar surface area (TPSA) is 58.3 Å². The predicted molar refractivity (Wildman–Crippen MR) is 110 cm³/mol. The van der Waals surface area contributed by atoms with Gasteiger partial charge in [-0.05, 0) is 43.9 Å². The van der Waals surface area contributed by atoms with Crippen LogP contribution in [0.25, 0.3) is 0 Å². The van der Waals surface area contributed by atoms with E-state index in [2.05, 4.69) is 27.0 Å². The second kappa shape index (κ2) is 10.2. The number of aliphatic imine (C=N–C) groups is 1. The monoisotopic (exact) mass is 386 g/mol. The zero-order valence-corrected chi connectivity index (χ0v) is 17.0. The molecule has 1 aliphatic rings. The highest BCUT2D eigenvalue weighted by Crippen LogP contribution is 2.15. The molecule has 0 amide bonds. The Balaban J connectivity index is 1.55. The minimum atomic E-state index is -0.208. The largest absolute Gasteiger partial charge is 0.357 e. The van der Waals surface area contributed by atoms with E-state index < -0.39 is 0 Å². The Hall–Kier alpha value is -2.44. The van der Waals surface area contributed by atoms with E-state index in [-0.39, 0.29) is 5.82 Å². The highest BCUT2D eigenvalue weighted by atomic mass is 19.1. The molecule has 1 N–H and O–H groups in total. The number of halogens is 1. The number of aryl methyl sites for hydroxylation is 2. The smallest absolute Gasteiger partial charge is 0.193 e.